The molecule has 0 saturated carbocycles. The normalized spacial score (nSPS) is 14.9. The second-order valence-corrected chi connectivity index (χ2v) is 5.03. The van der Waals surface area contributed by atoms with Crippen LogP contribution in [0.2, 0.25) is 0 Å². The van der Waals surface area contributed by atoms with Crippen molar-refractivity contribution in [1.82, 2.24) is 0 Å². The molecule has 0 aliphatic carbocycles. The van der Waals surface area contributed by atoms with E-state index in [9.17, 15) is 4.79 Å². The maximum atomic E-state index is 10.9. The number of nitrogens with zero attached hydrogens (tertiary/aromatic N) is 1. The lowest BCUT2D eigenvalue weighted by Crippen LogP contribution is -2.30. The number of hydrogen-bond acceptors (Lipinski definition) is 3. The third-order valence-electron chi connectivity index (χ3n) is 3.28. The van der Waals surface area contributed by atoms with Gasteiger partial charge in [-0.05, 0) is 30.0 Å². The van der Waals surface area contributed by atoms with E-state index in [0.717, 1.165) is 30.9 Å². The summed E-state index contributed by atoms with van der Waals surface area (Å²) >= 11 is 0. The Bertz CT molecular complexity index is 443. The van der Waals surface area contributed by atoms with Gasteiger partial charge in [0.1, 0.15) is 6.54 Å². The average molecular weight is 248 g/mol. The second-order valence-electron chi connectivity index (χ2n) is 5.03. The van der Waals surface area contributed by atoms with Crippen LogP contribution in [0.25, 0.3) is 0 Å². The molecule has 1 aromatic carbocycles. The van der Waals surface area contributed by atoms with Crippen molar-refractivity contribution in [1.29, 1.82) is 0 Å². The zero-order chi connectivity index (χ0) is 13.1. The van der Waals surface area contributed by atoms with Crippen LogP contribution < -0.4 is 10.2 Å². The molecule has 2 N–H and O–H groups in total. The largest absolute Gasteiger partial charge is 0.480 e. The van der Waals surface area contributed by atoms with E-state index >= 15 is 0 Å². The minimum Gasteiger partial charge on any atom is -0.480 e. The third kappa shape index (κ3) is 2.75. The lowest BCUT2D eigenvalue weighted by molar-refractivity contribution is -0.135. The first-order chi connectivity index (χ1) is 8.58. The van der Waals surface area contributed by atoms with Gasteiger partial charge in [-0.3, -0.25) is 4.79 Å². The van der Waals surface area contributed by atoms with Crippen LogP contribution in [0.4, 0.5) is 11.4 Å². The quantitative estimate of drug-likeness (QED) is 0.863. The molecule has 18 heavy (non-hydrogen) atoms. The molecule has 4 nitrogen and oxygen atoms in total. The molecule has 4 heteroatoms. The van der Waals surface area contributed by atoms with Crippen molar-refractivity contribution in [3.05, 3.63) is 23.8 Å². The molecule has 0 amide bonds. The van der Waals surface area contributed by atoms with Gasteiger partial charge in [-0.15, -0.1) is 0 Å². The molecular weight excluding hydrogens is 228 g/mol. The van der Waals surface area contributed by atoms with Crippen LogP contribution in [0.15, 0.2) is 18.2 Å². The van der Waals surface area contributed by atoms with E-state index in [1.54, 1.807) is 0 Å². The van der Waals surface area contributed by atoms with Crippen molar-refractivity contribution < 1.29 is 9.90 Å². The fourth-order valence-corrected chi connectivity index (χ4v) is 2.26. The highest BCUT2D eigenvalue weighted by atomic mass is 16.4. The Hall–Kier alpha value is -1.71. The van der Waals surface area contributed by atoms with Crippen molar-refractivity contribution in [2.24, 2.45) is 0 Å². The van der Waals surface area contributed by atoms with Gasteiger partial charge < -0.3 is 15.3 Å². The number of aliphatic carboxylic acids is 1. The van der Waals surface area contributed by atoms with E-state index in [2.05, 4.69) is 37.4 Å². The van der Waals surface area contributed by atoms with E-state index in [4.69, 9.17) is 5.11 Å². The fourth-order valence-electron chi connectivity index (χ4n) is 2.26. The predicted octanol–water partition coefficient (Wildman–Crippen LogP) is 2.52. The predicted molar refractivity (Wildman–Crippen MR) is 73.5 cm³/mol. The number of nitrogens with one attached hydrogen (secondary N) is 1. The van der Waals surface area contributed by atoms with Gasteiger partial charge in [0.15, 0.2) is 0 Å². The SMILES string of the molecule is CC(C)c1ccc2c(c1)N(CC(=O)O)CCCN2. The Labute approximate surface area is 108 Å². The zero-order valence-electron chi connectivity index (χ0n) is 10.9. The van der Waals surface area contributed by atoms with Crippen LogP contribution in [0, 0.1) is 0 Å². The number of anilines is 2. The number of carbonyl (C=O) groups is 1. The number of rotatable bonds is 3. The van der Waals surface area contributed by atoms with Gasteiger partial charge in [-0.2, -0.15) is 0 Å². The topological polar surface area (TPSA) is 52.6 Å². The van der Waals surface area contributed by atoms with E-state index in [1.165, 1.54) is 5.56 Å². The summed E-state index contributed by atoms with van der Waals surface area (Å²) in [5.74, 6) is -0.331. The molecule has 0 unspecified atom stereocenters. The first kappa shape index (κ1) is 12.7. The maximum absolute atomic E-state index is 10.9. The minimum absolute atomic E-state index is 0.0657. The molecule has 0 aromatic heterocycles. The number of benzene rings is 1. The van der Waals surface area contributed by atoms with E-state index in [-0.39, 0.29) is 6.54 Å². The summed E-state index contributed by atoms with van der Waals surface area (Å²) in [7, 11) is 0. The summed E-state index contributed by atoms with van der Waals surface area (Å²) in [4.78, 5) is 12.9. The van der Waals surface area contributed by atoms with Crippen LogP contribution in [0.1, 0.15) is 31.7 Å². The van der Waals surface area contributed by atoms with E-state index in [1.807, 2.05) is 4.90 Å². The van der Waals surface area contributed by atoms with E-state index < -0.39 is 5.97 Å². The molecule has 0 saturated heterocycles. The third-order valence-corrected chi connectivity index (χ3v) is 3.28. The molecule has 0 fully saturated rings. The average Bonchev–Trinajstić information content (AvgIpc) is 2.50. The van der Waals surface area contributed by atoms with Gasteiger partial charge in [-0.25, -0.2) is 0 Å². The van der Waals surface area contributed by atoms with Crippen molar-refractivity contribution in [3.63, 3.8) is 0 Å². The maximum Gasteiger partial charge on any atom is 0.323 e. The molecule has 1 aliphatic rings. The van der Waals surface area contributed by atoms with Crippen molar-refractivity contribution in [2.45, 2.75) is 26.2 Å². The standard InChI is InChI=1S/C14H20N2O2/c1-10(2)11-4-5-12-13(8-11)16(9-14(17)18)7-3-6-15-12/h4-5,8,10,15H,3,6-7,9H2,1-2H3,(H,17,18). The Kier molecular flexibility index (Phi) is 3.75. The zero-order valence-corrected chi connectivity index (χ0v) is 10.9. The monoisotopic (exact) mass is 248 g/mol. The number of hydrogen-bond donors (Lipinski definition) is 2. The summed E-state index contributed by atoms with van der Waals surface area (Å²) in [5.41, 5.74) is 3.30. The molecule has 98 valence electrons. The van der Waals surface area contributed by atoms with Crippen LogP contribution in [-0.4, -0.2) is 30.7 Å². The van der Waals surface area contributed by atoms with Gasteiger partial charge in [0.25, 0.3) is 0 Å². The van der Waals surface area contributed by atoms with Crippen LogP contribution in [0.5, 0.6) is 0 Å². The fraction of sp³-hybridized carbons (Fsp3) is 0.500. The molecule has 2 rings (SSSR count). The van der Waals surface area contributed by atoms with Crippen molar-refractivity contribution in [3.8, 4) is 0 Å². The number of fused-ring (bicyclic) bond motifs is 1. The highest BCUT2D eigenvalue weighted by Crippen LogP contribution is 2.31. The van der Waals surface area contributed by atoms with Crippen molar-refractivity contribution >= 4 is 17.3 Å². The summed E-state index contributed by atoms with van der Waals surface area (Å²) in [6.45, 7) is 6.04. The Morgan fingerprint density at radius 1 is 1.50 bits per heavy atom. The molecule has 1 aliphatic heterocycles. The Balaban J connectivity index is 2.37. The van der Waals surface area contributed by atoms with Gasteiger partial charge >= 0.3 is 5.97 Å². The number of carboxylic acids is 1. The summed E-state index contributed by atoms with van der Waals surface area (Å²) in [5, 5.41) is 12.4. The summed E-state index contributed by atoms with van der Waals surface area (Å²) in [6, 6.07) is 6.28. The Morgan fingerprint density at radius 3 is 2.94 bits per heavy atom. The lowest BCUT2D eigenvalue weighted by Gasteiger charge is -2.23. The molecule has 0 spiro atoms. The first-order valence-electron chi connectivity index (χ1n) is 6.42. The summed E-state index contributed by atoms with van der Waals surface area (Å²) in [6.07, 6.45) is 0.957. The van der Waals surface area contributed by atoms with E-state index in [0.29, 0.717) is 5.92 Å². The lowest BCUT2D eigenvalue weighted by atomic mass is 10.0. The van der Waals surface area contributed by atoms with Crippen LogP contribution >= 0.6 is 0 Å². The molecule has 1 aromatic rings. The minimum atomic E-state index is -0.780. The molecule has 0 bridgehead atoms. The molecule has 0 atom stereocenters. The smallest absolute Gasteiger partial charge is 0.323 e. The molecular formula is C14H20N2O2. The van der Waals surface area contributed by atoms with Gasteiger partial charge in [0.05, 0.1) is 11.4 Å². The summed E-state index contributed by atoms with van der Waals surface area (Å²) < 4.78 is 0. The molecule has 1 heterocycles. The van der Waals surface area contributed by atoms with Gasteiger partial charge in [-0.1, -0.05) is 19.9 Å². The highest BCUT2D eigenvalue weighted by Gasteiger charge is 2.18. The van der Waals surface area contributed by atoms with Crippen LogP contribution in [0.3, 0.4) is 0 Å². The second kappa shape index (κ2) is 5.29. The highest BCUT2D eigenvalue weighted by molar-refractivity contribution is 5.79. The van der Waals surface area contributed by atoms with Crippen molar-refractivity contribution in [2.75, 3.05) is 29.9 Å². The Morgan fingerprint density at radius 2 is 2.28 bits per heavy atom. The number of carboxylic acid groups (broad SMARTS) is 1. The molecule has 0 radical (unpaired) electrons. The van der Waals surface area contributed by atoms with Gasteiger partial charge in [0.2, 0.25) is 0 Å². The van der Waals surface area contributed by atoms with Gasteiger partial charge in [0, 0.05) is 13.1 Å². The first-order valence-corrected chi connectivity index (χ1v) is 6.42. The van der Waals surface area contributed by atoms with Crippen LogP contribution in [-0.2, 0) is 4.79 Å².